The highest BCUT2D eigenvalue weighted by atomic mass is 32.2. The zero-order valence-corrected chi connectivity index (χ0v) is 14.4. The number of aliphatic hydroxyl groups is 1. The second kappa shape index (κ2) is 7.73. The maximum absolute atomic E-state index is 10.4. The topological polar surface area (TPSA) is 56.7 Å². The molecule has 4 nitrogen and oxygen atoms in total. The minimum Gasteiger partial charge on any atom is -0.387 e. The van der Waals surface area contributed by atoms with Gasteiger partial charge in [-0.25, -0.2) is 0 Å². The van der Waals surface area contributed by atoms with Gasteiger partial charge in [-0.3, -0.25) is 4.99 Å². The van der Waals surface area contributed by atoms with Gasteiger partial charge in [-0.1, -0.05) is 19.8 Å². The highest BCUT2D eigenvalue weighted by Crippen LogP contribution is 2.41. The van der Waals surface area contributed by atoms with Crippen molar-refractivity contribution in [2.24, 2.45) is 10.4 Å². The SMILES string of the molecule is CCNC(=NCC1(CC)CCCC1)NCC1(O)CCSC1. The van der Waals surface area contributed by atoms with Gasteiger partial charge in [0.05, 0.1) is 5.60 Å². The molecular weight excluding hydrogens is 282 g/mol. The Balaban J connectivity index is 1.89. The molecule has 122 valence electrons. The molecule has 0 aromatic rings. The van der Waals surface area contributed by atoms with Crippen LogP contribution in [0, 0.1) is 5.41 Å². The summed E-state index contributed by atoms with van der Waals surface area (Å²) in [6.07, 6.45) is 7.42. The van der Waals surface area contributed by atoms with Crippen molar-refractivity contribution in [2.75, 3.05) is 31.1 Å². The van der Waals surface area contributed by atoms with E-state index in [0.29, 0.717) is 12.0 Å². The van der Waals surface area contributed by atoms with E-state index in [0.717, 1.165) is 37.0 Å². The van der Waals surface area contributed by atoms with E-state index in [-0.39, 0.29) is 0 Å². The van der Waals surface area contributed by atoms with Gasteiger partial charge < -0.3 is 15.7 Å². The third-order valence-corrected chi connectivity index (χ3v) is 6.23. The van der Waals surface area contributed by atoms with Gasteiger partial charge in [0.2, 0.25) is 0 Å². The minimum atomic E-state index is -0.559. The fourth-order valence-corrected chi connectivity index (χ4v) is 4.62. The number of rotatable bonds is 6. The van der Waals surface area contributed by atoms with Crippen molar-refractivity contribution in [2.45, 2.75) is 58.0 Å². The van der Waals surface area contributed by atoms with Crippen molar-refractivity contribution in [3.63, 3.8) is 0 Å². The molecule has 2 aliphatic rings. The second-order valence-electron chi connectivity index (χ2n) is 6.64. The van der Waals surface area contributed by atoms with Crippen LogP contribution in [-0.4, -0.2) is 47.8 Å². The summed E-state index contributed by atoms with van der Waals surface area (Å²) < 4.78 is 0. The Bertz CT molecular complexity index is 347. The van der Waals surface area contributed by atoms with E-state index in [2.05, 4.69) is 24.5 Å². The lowest BCUT2D eigenvalue weighted by Gasteiger charge is -2.27. The molecule has 1 aliphatic heterocycles. The zero-order valence-electron chi connectivity index (χ0n) is 13.6. The van der Waals surface area contributed by atoms with Crippen LogP contribution in [-0.2, 0) is 0 Å². The number of hydrogen-bond donors (Lipinski definition) is 3. The molecule has 0 radical (unpaired) electrons. The minimum absolute atomic E-state index is 0.419. The third kappa shape index (κ3) is 4.78. The first-order chi connectivity index (χ1) is 10.1. The summed E-state index contributed by atoms with van der Waals surface area (Å²) in [5, 5.41) is 17.1. The van der Waals surface area contributed by atoms with Gasteiger partial charge in [0.15, 0.2) is 5.96 Å². The Morgan fingerprint density at radius 2 is 1.95 bits per heavy atom. The number of hydrogen-bond acceptors (Lipinski definition) is 3. The molecule has 3 N–H and O–H groups in total. The van der Waals surface area contributed by atoms with Gasteiger partial charge in [-0.2, -0.15) is 11.8 Å². The molecule has 1 atom stereocenters. The number of thioether (sulfide) groups is 1. The second-order valence-corrected chi connectivity index (χ2v) is 7.74. The molecule has 1 saturated carbocycles. The van der Waals surface area contributed by atoms with Crippen LogP contribution in [0.4, 0.5) is 0 Å². The molecule has 0 bridgehead atoms. The summed E-state index contributed by atoms with van der Waals surface area (Å²) in [6.45, 7) is 6.75. The monoisotopic (exact) mass is 313 g/mol. The molecule has 0 spiro atoms. The number of nitrogens with zero attached hydrogens (tertiary/aromatic N) is 1. The van der Waals surface area contributed by atoms with Crippen LogP contribution in [0.3, 0.4) is 0 Å². The van der Waals surface area contributed by atoms with E-state index in [1.54, 1.807) is 0 Å². The first kappa shape index (κ1) is 16.9. The zero-order chi connectivity index (χ0) is 15.2. The van der Waals surface area contributed by atoms with Crippen molar-refractivity contribution in [1.82, 2.24) is 10.6 Å². The Morgan fingerprint density at radius 1 is 1.19 bits per heavy atom. The normalized spacial score (nSPS) is 28.8. The van der Waals surface area contributed by atoms with Gasteiger partial charge in [-0.05, 0) is 43.8 Å². The lowest BCUT2D eigenvalue weighted by molar-refractivity contribution is 0.0724. The van der Waals surface area contributed by atoms with Gasteiger partial charge in [-0.15, -0.1) is 0 Å². The molecule has 2 rings (SSSR count). The summed E-state index contributed by atoms with van der Waals surface area (Å²) in [5.74, 6) is 2.76. The molecule has 0 amide bonds. The molecule has 2 fully saturated rings. The van der Waals surface area contributed by atoms with Crippen molar-refractivity contribution >= 4 is 17.7 Å². The van der Waals surface area contributed by atoms with Gasteiger partial charge >= 0.3 is 0 Å². The van der Waals surface area contributed by atoms with Crippen LogP contribution in [0.25, 0.3) is 0 Å². The first-order valence-corrected chi connectivity index (χ1v) is 9.59. The Hall–Kier alpha value is -0.420. The maximum atomic E-state index is 10.4. The van der Waals surface area contributed by atoms with Crippen LogP contribution >= 0.6 is 11.8 Å². The summed E-state index contributed by atoms with van der Waals surface area (Å²) in [7, 11) is 0. The lowest BCUT2D eigenvalue weighted by atomic mass is 9.84. The summed E-state index contributed by atoms with van der Waals surface area (Å²) in [6, 6.07) is 0. The van der Waals surface area contributed by atoms with Gasteiger partial charge in [0, 0.05) is 25.4 Å². The standard InChI is InChI=1S/C16H31N3OS/c1-3-15(7-5-6-8-15)11-18-14(17-4-2)19-12-16(20)9-10-21-13-16/h20H,3-13H2,1-2H3,(H2,17,18,19). The lowest BCUT2D eigenvalue weighted by Crippen LogP contribution is -2.47. The Labute approximate surface area is 133 Å². The van der Waals surface area contributed by atoms with Crippen LogP contribution in [0.5, 0.6) is 0 Å². The van der Waals surface area contributed by atoms with Crippen LogP contribution in [0.15, 0.2) is 4.99 Å². The largest absolute Gasteiger partial charge is 0.387 e. The predicted octanol–water partition coefficient (Wildman–Crippen LogP) is 2.38. The highest BCUT2D eigenvalue weighted by Gasteiger charge is 2.33. The van der Waals surface area contributed by atoms with E-state index in [4.69, 9.17) is 4.99 Å². The number of guanidine groups is 1. The van der Waals surface area contributed by atoms with Crippen molar-refractivity contribution < 1.29 is 5.11 Å². The molecule has 1 saturated heterocycles. The molecule has 5 heteroatoms. The van der Waals surface area contributed by atoms with Gasteiger partial charge in [0.1, 0.15) is 0 Å². The number of aliphatic imine (C=N–C) groups is 1. The van der Waals surface area contributed by atoms with E-state index in [1.807, 2.05) is 11.8 Å². The van der Waals surface area contributed by atoms with E-state index in [9.17, 15) is 5.11 Å². The van der Waals surface area contributed by atoms with E-state index in [1.165, 1.54) is 32.1 Å². The molecule has 21 heavy (non-hydrogen) atoms. The Morgan fingerprint density at radius 3 is 2.52 bits per heavy atom. The summed E-state index contributed by atoms with van der Waals surface area (Å²) in [4.78, 5) is 4.81. The highest BCUT2D eigenvalue weighted by molar-refractivity contribution is 7.99. The average molecular weight is 314 g/mol. The molecule has 0 aromatic heterocycles. The third-order valence-electron chi connectivity index (χ3n) is 5.00. The first-order valence-electron chi connectivity index (χ1n) is 8.44. The van der Waals surface area contributed by atoms with Crippen LogP contribution < -0.4 is 10.6 Å². The Kier molecular flexibility index (Phi) is 6.23. The van der Waals surface area contributed by atoms with Crippen molar-refractivity contribution in [3.05, 3.63) is 0 Å². The van der Waals surface area contributed by atoms with E-state index < -0.39 is 5.60 Å². The van der Waals surface area contributed by atoms with Crippen molar-refractivity contribution in [1.29, 1.82) is 0 Å². The fraction of sp³-hybridized carbons (Fsp3) is 0.938. The average Bonchev–Trinajstić information content (AvgIpc) is 3.12. The molecular formula is C16H31N3OS. The van der Waals surface area contributed by atoms with Crippen LogP contribution in [0.2, 0.25) is 0 Å². The summed E-state index contributed by atoms with van der Waals surface area (Å²) >= 11 is 1.83. The van der Waals surface area contributed by atoms with Crippen LogP contribution in [0.1, 0.15) is 52.4 Å². The maximum Gasteiger partial charge on any atom is 0.191 e. The smallest absolute Gasteiger partial charge is 0.191 e. The quantitative estimate of drug-likeness (QED) is 0.520. The van der Waals surface area contributed by atoms with E-state index >= 15 is 0 Å². The summed E-state index contributed by atoms with van der Waals surface area (Å²) in [5.41, 5.74) is -0.140. The van der Waals surface area contributed by atoms with Crippen molar-refractivity contribution in [3.8, 4) is 0 Å². The molecule has 0 aromatic carbocycles. The number of nitrogens with one attached hydrogen (secondary N) is 2. The van der Waals surface area contributed by atoms with Gasteiger partial charge in [0.25, 0.3) is 0 Å². The molecule has 1 heterocycles. The predicted molar refractivity (Wildman–Crippen MR) is 92.1 cm³/mol. The fourth-order valence-electron chi connectivity index (χ4n) is 3.32. The molecule has 1 unspecified atom stereocenters. The molecule has 1 aliphatic carbocycles.